The summed E-state index contributed by atoms with van der Waals surface area (Å²) in [4.78, 5) is 26.2. The summed E-state index contributed by atoms with van der Waals surface area (Å²) in [5.41, 5.74) is 6.40. The summed E-state index contributed by atoms with van der Waals surface area (Å²) in [5, 5.41) is 7.61. The third kappa shape index (κ3) is 9.85. The first-order valence-corrected chi connectivity index (χ1v) is 15.0. The minimum atomic E-state index is -0.933. The van der Waals surface area contributed by atoms with E-state index < -0.39 is 24.0 Å². The molecule has 2 N–H and O–H groups in total. The molecule has 10 heteroatoms. The molecule has 0 aromatic heterocycles. The molecule has 2 atom stereocenters. The van der Waals surface area contributed by atoms with Crippen molar-refractivity contribution in [3.8, 4) is 11.5 Å². The second-order valence-electron chi connectivity index (χ2n) is 9.78. The highest BCUT2D eigenvalue weighted by Gasteiger charge is 2.25. The van der Waals surface area contributed by atoms with Gasteiger partial charge in [-0.2, -0.15) is 5.10 Å². The van der Waals surface area contributed by atoms with E-state index >= 15 is 0 Å². The molecule has 0 heterocycles. The topological polar surface area (TPSA) is 89.0 Å². The summed E-state index contributed by atoms with van der Waals surface area (Å²) >= 11 is 15.7. The largest absolute Gasteiger partial charge is 0.488 e. The molecule has 0 unspecified atom stereocenters. The molecule has 4 aromatic carbocycles. The third-order valence-electron chi connectivity index (χ3n) is 6.34. The summed E-state index contributed by atoms with van der Waals surface area (Å²) in [6, 6.07) is 26.8. The van der Waals surface area contributed by atoms with Gasteiger partial charge in [-0.1, -0.05) is 83.4 Å². The highest BCUT2D eigenvalue weighted by atomic mass is 79.9. The molecule has 7 nitrogen and oxygen atoms in total. The van der Waals surface area contributed by atoms with Crippen LogP contribution in [0.1, 0.15) is 29.2 Å². The number of nitrogens with zero attached hydrogens (tertiary/aromatic N) is 1. The molecule has 0 bridgehead atoms. The van der Waals surface area contributed by atoms with Crippen molar-refractivity contribution in [1.29, 1.82) is 0 Å². The van der Waals surface area contributed by atoms with Crippen molar-refractivity contribution in [2.75, 3.05) is 0 Å². The second-order valence-corrected chi connectivity index (χ2v) is 11.5. The number of carbonyl (C=O) groups excluding carboxylic acids is 2. The van der Waals surface area contributed by atoms with E-state index in [0.29, 0.717) is 23.1 Å². The van der Waals surface area contributed by atoms with Crippen LogP contribution in [-0.2, 0) is 22.6 Å². The second kappa shape index (κ2) is 15.6. The van der Waals surface area contributed by atoms with Gasteiger partial charge in [0, 0.05) is 11.4 Å². The van der Waals surface area contributed by atoms with Crippen LogP contribution in [0, 0.1) is 6.92 Å². The quantitative estimate of drug-likeness (QED) is 0.121. The molecule has 0 fully saturated rings. The maximum atomic E-state index is 13.2. The number of benzene rings is 4. The lowest BCUT2D eigenvalue weighted by atomic mass is 10.1. The Labute approximate surface area is 269 Å². The van der Waals surface area contributed by atoms with Crippen molar-refractivity contribution >= 4 is 57.2 Å². The van der Waals surface area contributed by atoms with Crippen LogP contribution in [-0.4, -0.2) is 30.2 Å². The van der Waals surface area contributed by atoms with Crippen LogP contribution in [0.3, 0.4) is 0 Å². The number of hydrogen-bond donors (Lipinski definition) is 2. The van der Waals surface area contributed by atoms with Crippen molar-refractivity contribution in [2.45, 2.75) is 39.0 Å². The van der Waals surface area contributed by atoms with Gasteiger partial charge in [-0.15, -0.1) is 0 Å². The molecule has 0 aliphatic heterocycles. The zero-order valence-electron chi connectivity index (χ0n) is 23.5. The number of carbonyl (C=O) groups is 2. The fourth-order valence-corrected chi connectivity index (χ4v) is 4.94. The van der Waals surface area contributed by atoms with Gasteiger partial charge >= 0.3 is 0 Å². The molecule has 0 spiro atoms. The van der Waals surface area contributed by atoms with Crippen molar-refractivity contribution in [2.24, 2.45) is 5.10 Å². The van der Waals surface area contributed by atoms with Crippen molar-refractivity contribution in [1.82, 2.24) is 10.7 Å². The van der Waals surface area contributed by atoms with Gasteiger partial charge in [-0.3, -0.25) is 9.59 Å². The van der Waals surface area contributed by atoms with Gasteiger partial charge in [-0.25, -0.2) is 5.43 Å². The number of ether oxygens (including phenoxy) is 2. The summed E-state index contributed by atoms with van der Waals surface area (Å²) in [6.07, 6.45) is 0.834. The molecule has 0 aliphatic carbocycles. The van der Waals surface area contributed by atoms with Gasteiger partial charge in [-0.05, 0) is 82.9 Å². The Morgan fingerprint density at radius 3 is 2.33 bits per heavy atom. The van der Waals surface area contributed by atoms with Crippen molar-refractivity contribution < 1.29 is 19.1 Å². The Balaban J connectivity index is 1.38. The molecule has 43 heavy (non-hydrogen) atoms. The molecular weight excluding hydrogens is 653 g/mol. The van der Waals surface area contributed by atoms with E-state index in [9.17, 15) is 9.59 Å². The van der Waals surface area contributed by atoms with Gasteiger partial charge in [0.15, 0.2) is 6.10 Å². The monoisotopic (exact) mass is 681 g/mol. The number of hydrazone groups is 1. The Bertz CT molecular complexity index is 1580. The number of amides is 2. The molecule has 4 aromatic rings. The number of halogens is 3. The highest BCUT2D eigenvalue weighted by Crippen LogP contribution is 2.28. The van der Waals surface area contributed by atoms with Crippen molar-refractivity contribution in [3.05, 3.63) is 128 Å². The zero-order chi connectivity index (χ0) is 30.8. The maximum Gasteiger partial charge on any atom is 0.262 e. The average Bonchev–Trinajstić information content (AvgIpc) is 2.99. The van der Waals surface area contributed by atoms with Crippen LogP contribution in [0.15, 0.2) is 101 Å². The Morgan fingerprint density at radius 2 is 1.63 bits per heavy atom. The van der Waals surface area contributed by atoms with E-state index in [1.54, 1.807) is 19.1 Å². The number of rotatable bonds is 12. The fourth-order valence-electron chi connectivity index (χ4n) is 3.97. The SMILES string of the molecule is Cc1ccc(COc2ccc(/C=N\NC(=O)[C@@H](Cc3ccccc3)NC(=O)[C@H](C)Oc3ccc(Cl)cc3Cl)cc2Br)cc1. The van der Waals surface area contributed by atoms with Crippen LogP contribution in [0.2, 0.25) is 10.0 Å². The van der Waals surface area contributed by atoms with Crippen LogP contribution in [0.25, 0.3) is 0 Å². The molecule has 0 saturated heterocycles. The third-order valence-corrected chi connectivity index (χ3v) is 7.49. The summed E-state index contributed by atoms with van der Waals surface area (Å²) in [6.45, 7) is 4.05. The smallest absolute Gasteiger partial charge is 0.262 e. The Kier molecular flexibility index (Phi) is 11.6. The Hall–Kier alpha value is -3.85. The van der Waals surface area contributed by atoms with Crippen LogP contribution >= 0.6 is 39.1 Å². The highest BCUT2D eigenvalue weighted by molar-refractivity contribution is 9.10. The average molecular weight is 683 g/mol. The van der Waals surface area contributed by atoms with E-state index in [0.717, 1.165) is 21.2 Å². The maximum absolute atomic E-state index is 13.2. The van der Waals surface area contributed by atoms with Gasteiger partial charge in [0.25, 0.3) is 11.8 Å². The van der Waals surface area contributed by atoms with Gasteiger partial charge in [0.05, 0.1) is 15.7 Å². The molecular formula is C33H30BrCl2N3O4. The van der Waals surface area contributed by atoms with Gasteiger partial charge in [0.1, 0.15) is 24.1 Å². The van der Waals surface area contributed by atoms with Crippen molar-refractivity contribution in [3.63, 3.8) is 0 Å². The number of nitrogens with one attached hydrogen (secondary N) is 2. The molecule has 2 amide bonds. The van der Waals surface area contributed by atoms with E-state index in [4.69, 9.17) is 32.7 Å². The molecule has 4 rings (SSSR count). The first-order chi connectivity index (χ1) is 20.7. The van der Waals surface area contributed by atoms with Gasteiger partial charge in [0.2, 0.25) is 0 Å². The minimum Gasteiger partial charge on any atom is -0.488 e. The zero-order valence-corrected chi connectivity index (χ0v) is 26.6. The summed E-state index contributed by atoms with van der Waals surface area (Å²) < 4.78 is 12.4. The number of aryl methyl sites for hydroxylation is 1. The predicted octanol–water partition coefficient (Wildman–Crippen LogP) is 7.29. The van der Waals surface area contributed by atoms with Crippen LogP contribution in [0.4, 0.5) is 0 Å². The predicted molar refractivity (Wildman–Crippen MR) is 174 cm³/mol. The molecule has 0 radical (unpaired) electrons. The lowest BCUT2D eigenvalue weighted by Crippen LogP contribution is -2.50. The molecule has 222 valence electrons. The first kappa shape index (κ1) is 32.1. The number of hydrogen-bond acceptors (Lipinski definition) is 5. The van der Waals surface area contributed by atoms with E-state index in [1.165, 1.54) is 17.8 Å². The van der Waals surface area contributed by atoms with E-state index in [-0.39, 0.29) is 11.4 Å². The van der Waals surface area contributed by atoms with Gasteiger partial charge < -0.3 is 14.8 Å². The lowest BCUT2D eigenvalue weighted by Gasteiger charge is -2.21. The minimum absolute atomic E-state index is 0.251. The Morgan fingerprint density at radius 1 is 0.907 bits per heavy atom. The molecule has 0 saturated carbocycles. The summed E-state index contributed by atoms with van der Waals surface area (Å²) in [5.74, 6) is 0.0160. The standard InChI is InChI=1S/C33H30BrCl2N3O4/c1-21-8-10-24(11-9-21)20-42-30-14-12-25(16-27(30)34)19-37-39-33(41)29(17-23-6-4-3-5-7-23)38-32(40)22(2)43-31-15-13-26(35)18-28(31)36/h3-16,18-19,22,29H,17,20H2,1-2H3,(H,38,40)(H,39,41)/b37-19-/t22-,29+/m0/s1. The van der Waals surface area contributed by atoms with Crippen LogP contribution in [0.5, 0.6) is 11.5 Å². The summed E-state index contributed by atoms with van der Waals surface area (Å²) in [7, 11) is 0. The molecule has 0 aliphatic rings. The van der Waals surface area contributed by atoms with E-state index in [1.807, 2.05) is 79.7 Å². The normalized spacial score (nSPS) is 12.4. The fraction of sp³-hybridized carbons (Fsp3) is 0.182. The van der Waals surface area contributed by atoms with E-state index in [2.05, 4.69) is 31.8 Å². The first-order valence-electron chi connectivity index (χ1n) is 13.4. The lowest BCUT2D eigenvalue weighted by molar-refractivity contribution is -0.132. The van der Waals surface area contributed by atoms with Crippen LogP contribution < -0.4 is 20.2 Å².